The zero-order valence-electron chi connectivity index (χ0n) is 8.36. The van der Waals surface area contributed by atoms with Crippen LogP contribution in [0.15, 0.2) is 30.7 Å². The second-order valence-electron chi connectivity index (χ2n) is 3.26. The van der Waals surface area contributed by atoms with E-state index in [1.807, 2.05) is 0 Å². The Morgan fingerprint density at radius 1 is 1.19 bits per heavy atom. The van der Waals surface area contributed by atoms with Gasteiger partial charge in [-0.3, -0.25) is 4.98 Å². The predicted octanol–water partition coefficient (Wildman–Crippen LogP) is 2.50. The van der Waals surface area contributed by atoms with Crippen LogP contribution in [0.4, 0.5) is 13.2 Å². The molecule has 16 heavy (non-hydrogen) atoms. The van der Waals surface area contributed by atoms with E-state index in [-0.39, 0.29) is 5.82 Å². The largest absolute Gasteiger partial charge is 0.433 e. The molecule has 84 valence electrons. The minimum Gasteiger partial charge on any atom is -0.324 e. The van der Waals surface area contributed by atoms with Crippen molar-refractivity contribution in [1.82, 2.24) is 14.5 Å². The Kier molecular flexibility index (Phi) is 2.41. The summed E-state index contributed by atoms with van der Waals surface area (Å²) in [5, 5.41) is 0. The minimum atomic E-state index is -4.38. The lowest BCUT2D eigenvalue weighted by atomic mass is 10.2. The van der Waals surface area contributed by atoms with Gasteiger partial charge in [-0.15, -0.1) is 0 Å². The van der Waals surface area contributed by atoms with E-state index in [2.05, 4.69) is 9.97 Å². The second kappa shape index (κ2) is 3.62. The lowest BCUT2D eigenvalue weighted by Gasteiger charge is -2.08. The van der Waals surface area contributed by atoms with E-state index < -0.39 is 11.9 Å². The summed E-state index contributed by atoms with van der Waals surface area (Å²) in [6.07, 6.45) is -0.530. The summed E-state index contributed by atoms with van der Waals surface area (Å²) in [5.41, 5.74) is -0.160. The number of rotatable bonds is 1. The van der Waals surface area contributed by atoms with Crippen LogP contribution in [0, 0.1) is 0 Å². The maximum absolute atomic E-state index is 12.5. The SMILES string of the molecule is Cn1c(C(F)(F)F)cnc1-c1ccncc1. The minimum absolute atomic E-state index is 0.273. The molecule has 2 aromatic rings. The molecule has 0 fully saturated rings. The Morgan fingerprint density at radius 3 is 2.31 bits per heavy atom. The van der Waals surface area contributed by atoms with Gasteiger partial charge in [0.1, 0.15) is 11.5 Å². The molecule has 0 bridgehead atoms. The third-order valence-corrected chi connectivity index (χ3v) is 2.22. The molecule has 6 heteroatoms. The first-order valence-electron chi connectivity index (χ1n) is 4.49. The maximum atomic E-state index is 12.5. The average molecular weight is 227 g/mol. The Morgan fingerprint density at radius 2 is 1.81 bits per heavy atom. The molecule has 0 spiro atoms. The van der Waals surface area contributed by atoms with Gasteiger partial charge in [0.05, 0.1) is 6.20 Å². The van der Waals surface area contributed by atoms with Crippen LogP contribution in [0.5, 0.6) is 0 Å². The Bertz CT molecular complexity index is 488. The van der Waals surface area contributed by atoms with E-state index in [4.69, 9.17) is 0 Å². The highest BCUT2D eigenvalue weighted by molar-refractivity contribution is 5.55. The molecule has 0 aliphatic carbocycles. The number of halogens is 3. The maximum Gasteiger partial charge on any atom is 0.433 e. The molecule has 0 atom stereocenters. The van der Waals surface area contributed by atoms with Crippen molar-refractivity contribution in [2.24, 2.45) is 7.05 Å². The lowest BCUT2D eigenvalue weighted by Crippen LogP contribution is -2.11. The van der Waals surface area contributed by atoms with Gasteiger partial charge in [0.15, 0.2) is 0 Å². The Labute approximate surface area is 89.6 Å². The monoisotopic (exact) mass is 227 g/mol. The normalized spacial score (nSPS) is 11.8. The topological polar surface area (TPSA) is 30.7 Å². The molecule has 0 saturated heterocycles. The molecule has 0 saturated carbocycles. The molecule has 2 aromatic heterocycles. The van der Waals surface area contributed by atoms with E-state index in [1.54, 1.807) is 12.1 Å². The fraction of sp³-hybridized carbons (Fsp3) is 0.200. The van der Waals surface area contributed by atoms with E-state index in [0.29, 0.717) is 5.56 Å². The van der Waals surface area contributed by atoms with Crippen LogP contribution in [0.3, 0.4) is 0 Å². The van der Waals surface area contributed by atoms with Crippen LogP contribution in [-0.4, -0.2) is 14.5 Å². The van der Waals surface area contributed by atoms with Crippen LogP contribution in [-0.2, 0) is 13.2 Å². The molecule has 0 aliphatic rings. The Balaban J connectivity index is 2.50. The Hall–Kier alpha value is -1.85. The van der Waals surface area contributed by atoms with Crippen molar-refractivity contribution in [3.05, 3.63) is 36.4 Å². The number of hydrogen-bond donors (Lipinski definition) is 0. The highest BCUT2D eigenvalue weighted by Gasteiger charge is 2.35. The molecule has 0 N–H and O–H groups in total. The zero-order valence-corrected chi connectivity index (χ0v) is 8.36. The molecular formula is C10H8F3N3. The molecule has 2 rings (SSSR count). The van der Waals surface area contributed by atoms with E-state index in [0.717, 1.165) is 10.8 Å². The van der Waals surface area contributed by atoms with E-state index >= 15 is 0 Å². The summed E-state index contributed by atoms with van der Waals surface area (Å²) in [5.74, 6) is 0.273. The van der Waals surface area contributed by atoms with Gasteiger partial charge in [0.25, 0.3) is 0 Å². The van der Waals surface area contributed by atoms with Crippen LogP contribution in [0.25, 0.3) is 11.4 Å². The number of pyridine rings is 1. The fourth-order valence-electron chi connectivity index (χ4n) is 1.44. The quantitative estimate of drug-likeness (QED) is 0.749. The van der Waals surface area contributed by atoms with Crippen molar-refractivity contribution in [2.45, 2.75) is 6.18 Å². The second-order valence-corrected chi connectivity index (χ2v) is 3.26. The first-order valence-corrected chi connectivity index (χ1v) is 4.49. The van der Waals surface area contributed by atoms with Gasteiger partial charge in [0, 0.05) is 25.0 Å². The van der Waals surface area contributed by atoms with Crippen molar-refractivity contribution in [3.8, 4) is 11.4 Å². The van der Waals surface area contributed by atoms with Gasteiger partial charge in [-0.1, -0.05) is 0 Å². The predicted molar refractivity (Wildman–Crippen MR) is 51.4 cm³/mol. The third kappa shape index (κ3) is 1.78. The lowest BCUT2D eigenvalue weighted by molar-refractivity contribution is -0.143. The van der Waals surface area contributed by atoms with Gasteiger partial charge in [0.2, 0.25) is 0 Å². The molecule has 0 aliphatic heterocycles. The molecule has 0 radical (unpaired) electrons. The van der Waals surface area contributed by atoms with Crippen LogP contribution in [0.1, 0.15) is 5.69 Å². The highest BCUT2D eigenvalue weighted by atomic mass is 19.4. The first-order chi connectivity index (χ1) is 7.50. The smallest absolute Gasteiger partial charge is 0.324 e. The molecule has 0 aromatic carbocycles. The van der Waals surface area contributed by atoms with Crippen molar-refractivity contribution < 1.29 is 13.2 Å². The van der Waals surface area contributed by atoms with Gasteiger partial charge in [-0.25, -0.2) is 4.98 Å². The molecule has 2 heterocycles. The van der Waals surface area contributed by atoms with Crippen LogP contribution >= 0.6 is 0 Å². The summed E-state index contributed by atoms with van der Waals surface area (Å²) in [6, 6.07) is 3.23. The number of imidazole rings is 1. The third-order valence-electron chi connectivity index (χ3n) is 2.22. The number of aromatic nitrogens is 3. The van der Waals surface area contributed by atoms with Crippen molar-refractivity contribution in [1.29, 1.82) is 0 Å². The van der Waals surface area contributed by atoms with Gasteiger partial charge in [-0.05, 0) is 12.1 Å². The molecular weight excluding hydrogens is 219 g/mol. The summed E-state index contributed by atoms with van der Waals surface area (Å²) >= 11 is 0. The van der Waals surface area contributed by atoms with E-state index in [1.165, 1.54) is 19.4 Å². The highest BCUT2D eigenvalue weighted by Crippen LogP contribution is 2.31. The first kappa shape index (κ1) is 10.7. The average Bonchev–Trinajstić information content (AvgIpc) is 2.61. The van der Waals surface area contributed by atoms with Crippen LogP contribution in [0.2, 0.25) is 0 Å². The summed E-state index contributed by atoms with van der Waals surface area (Å²) in [7, 11) is 1.34. The number of nitrogens with zero attached hydrogens (tertiary/aromatic N) is 3. The standard InChI is InChI=1S/C10H8F3N3/c1-16-8(10(11,12)13)6-15-9(16)7-2-4-14-5-3-7/h2-6H,1H3. The molecule has 0 amide bonds. The van der Waals surface area contributed by atoms with Crippen molar-refractivity contribution >= 4 is 0 Å². The number of hydrogen-bond acceptors (Lipinski definition) is 2. The summed E-state index contributed by atoms with van der Waals surface area (Å²) < 4.78 is 38.5. The summed E-state index contributed by atoms with van der Waals surface area (Å²) in [4.78, 5) is 7.56. The molecule has 3 nitrogen and oxygen atoms in total. The van der Waals surface area contributed by atoms with Crippen LogP contribution < -0.4 is 0 Å². The van der Waals surface area contributed by atoms with Gasteiger partial charge in [-0.2, -0.15) is 13.2 Å². The van der Waals surface area contributed by atoms with Crippen molar-refractivity contribution in [3.63, 3.8) is 0 Å². The fourth-order valence-corrected chi connectivity index (χ4v) is 1.44. The number of alkyl halides is 3. The van der Waals surface area contributed by atoms with Gasteiger partial charge < -0.3 is 4.57 Å². The summed E-state index contributed by atoms with van der Waals surface area (Å²) in [6.45, 7) is 0. The van der Waals surface area contributed by atoms with Gasteiger partial charge >= 0.3 is 6.18 Å². The molecule has 0 unspecified atom stereocenters. The van der Waals surface area contributed by atoms with E-state index in [9.17, 15) is 13.2 Å². The van der Waals surface area contributed by atoms with Crippen molar-refractivity contribution in [2.75, 3.05) is 0 Å². The zero-order chi connectivity index (χ0) is 11.8.